The molecule has 0 saturated carbocycles. The largest absolute Gasteiger partial charge is 0.378 e. The fraction of sp³-hybridized carbons (Fsp3) is 0.619. The number of morpholine rings is 1. The van der Waals surface area contributed by atoms with Crippen LogP contribution in [0.15, 0.2) is 12.1 Å². The Kier molecular flexibility index (Phi) is 7.51. The summed E-state index contributed by atoms with van der Waals surface area (Å²) in [6.45, 7) is 11.9. The van der Waals surface area contributed by atoms with Crippen molar-refractivity contribution in [3.05, 3.63) is 28.3 Å². The number of rotatable bonds is 5. The van der Waals surface area contributed by atoms with Crippen molar-refractivity contribution < 1.29 is 14.3 Å². The molecule has 3 rings (SSSR count). The molecule has 0 bridgehead atoms. The molecule has 1 unspecified atom stereocenters. The van der Waals surface area contributed by atoms with E-state index in [0.29, 0.717) is 43.6 Å². The van der Waals surface area contributed by atoms with E-state index in [9.17, 15) is 9.59 Å². The lowest BCUT2D eigenvalue weighted by Gasteiger charge is -2.39. The van der Waals surface area contributed by atoms with Crippen LogP contribution in [-0.4, -0.2) is 91.6 Å². The minimum atomic E-state index is -0.141. The lowest BCUT2D eigenvalue weighted by atomic mass is 10.1. The Bertz CT molecular complexity index is 720. The Morgan fingerprint density at radius 2 is 1.76 bits per heavy atom. The molecule has 2 heterocycles. The Labute approximate surface area is 177 Å². The lowest BCUT2D eigenvalue weighted by molar-refractivity contribution is -0.141. The first-order valence-corrected chi connectivity index (χ1v) is 10.6. The molecule has 29 heavy (non-hydrogen) atoms. The zero-order valence-corrected chi connectivity index (χ0v) is 18.3. The number of halogens is 1. The van der Waals surface area contributed by atoms with Gasteiger partial charge in [0, 0.05) is 39.3 Å². The maximum Gasteiger partial charge on any atom is 0.239 e. The maximum absolute atomic E-state index is 12.7. The smallest absolute Gasteiger partial charge is 0.239 e. The topological polar surface area (TPSA) is 65.1 Å². The molecule has 160 valence electrons. The van der Waals surface area contributed by atoms with Crippen LogP contribution < -0.4 is 5.32 Å². The zero-order chi connectivity index (χ0) is 21.0. The van der Waals surface area contributed by atoms with Crippen LogP contribution in [0.5, 0.6) is 0 Å². The fourth-order valence-corrected chi connectivity index (χ4v) is 4.34. The number of carbonyl (C=O) groups excluding carboxylic acids is 2. The van der Waals surface area contributed by atoms with Gasteiger partial charge in [0.2, 0.25) is 11.8 Å². The monoisotopic (exact) mass is 422 g/mol. The highest BCUT2D eigenvalue weighted by Gasteiger charge is 2.30. The highest BCUT2D eigenvalue weighted by atomic mass is 35.5. The van der Waals surface area contributed by atoms with Crippen LogP contribution in [0.2, 0.25) is 5.02 Å². The van der Waals surface area contributed by atoms with Gasteiger partial charge in [-0.15, -0.1) is 0 Å². The summed E-state index contributed by atoms with van der Waals surface area (Å²) in [4.78, 5) is 31.4. The summed E-state index contributed by atoms with van der Waals surface area (Å²) in [5.41, 5.74) is 2.72. The molecule has 0 spiro atoms. The van der Waals surface area contributed by atoms with Gasteiger partial charge in [0.1, 0.15) is 0 Å². The van der Waals surface area contributed by atoms with Gasteiger partial charge in [-0.3, -0.25) is 19.4 Å². The number of benzene rings is 1. The van der Waals surface area contributed by atoms with Crippen LogP contribution in [0.4, 0.5) is 5.69 Å². The predicted octanol–water partition coefficient (Wildman–Crippen LogP) is 1.76. The lowest BCUT2D eigenvalue weighted by Crippen LogP contribution is -2.56. The van der Waals surface area contributed by atoms with E-state index >= 15 is 0 Å². The molecule has 2 saturated heterocycles. The Balaban J connectivity index is 1.47. The number of aryl methyl sites for hydroxylation is 2. The summed E-state index contributed by atoms with van der Waals surface area (Å²) >= 11 is 6.29. The molecule has 1 N–H and O–H groups in total. The first-order valence-electron chi connectivity index (χ1n) is 10.2. The van der Waals surface area contributed by atoms with E-state index in [1.165, 1.54) is 0 Å². The number of amides is 2. The van der Waals surface area contributed by atoms with E-state index in [-0.39, 0.29) is 17.9 Å². The summed E-state index contributed by atoms with van der Waals surface area (Å²) in [6.07, 6.45) is 0. The van der Waals surface area contributed by atoms with E-state index in [1.54, 1.807) is 0 Å². The predicted molar refractivity (Wildman–Crippen MR) is 114 cm³/mol. The molecule has 8 heteroatoms. The molecular formula is C21H31ClN4O3. The highest BCUT2D eigenvalue weighted by Crippen LogP contribution is 2.27. The standard InChI is InChI=1S/C21H31ClN4O3/c1-15-12-16(2)20(18(22)13-15)23-19(27)14-24-4-6-25(7-5-24)17(3)21(28)26-8-10-29-11-9-26/h12-13,17H,4-11,14H2,1-3H3,(H,23,27). The quantitative estimate of drug-likeness (QED) is 0.783. The number of ether oxygens (including phenoxy) is 1. The number of nitrogens with zero attached hydrogens (tertiary/aromatic N) is 3. The first kappa shape index (κ1) is 22.0. The molecule has 2 fully saturated rings. The van der Waals surface area contributed by atoms with E-state index in [4.69, 9.17) is 16.3 Å². The fourth-order valence-electron chi connectivity index (χ4n) is 3.97. The second kappa shape index (κ2) is 9.89. The summed E-state index contributed by atoms with van der Waals surface area (Å²) in [6, 6.07) is 3.72. The van der Waals surface area contributed by atoms with Crippen molar-refractivity contribution in [1.82, 2.24) is 14.7 Å². The Morgan fingerprint density at radius 1 is 1.10 bits per heavy atom. The molecule has 7 nitrogen and oxygen atoms in total. The minimum Gasteiger partial charge on any atom is -0.378 e. The van der Waals surface area contributed by atoms with Crippen LogP contribution in [0, 0.1) is 13.8 Å². The van der Waals surface area contributed by atoms with Crippen LogP contribution in [0.1, 0.15) is 18.1 Å². The third-order valence-electron chi connectivity index (χ3n) is 5.70. The molecule has 0 radical (unpaired) electrons. The van der Waals surface area contributed by atoms with Crippen LogP contribution in [0.25, 0.3) is 0 Å². The first-order chi connectivity index (χ1) is 13.8. The van der Waals surface area contributed by atoms with Gasteiger partial charge in [0.15, 0.2) is 0 Å². The molecule has 1 aromatic carbocycles. The number of hydrogen-bond donors (Lipinski definition) is 1. The van der Waals surface area contributed by atoms with Crippen LogP contribution >= 0.6 is 11.6 Å². The van der Waals surface area contributed by atoms with Gasteiger partial charge in [0.05, 0.1) is 36.5 Å². The number of carbonyl (C=O) groups is 2. The number of hydrogen-bond acceptors (Lipinski definition) is 5. The van der Waals surface area contributed by atoms with E-state index in [1.807, 2.05) is 37.8 Å². The summed E-state index contributed by atoms with van der Waals surface area (Å²) in [5, 5.41) is 3.52. The van der Waals surface area contributed by atoms with Gasteiger partial charge in [-0.05, 0) is 38.0 Å². The molecular weight excluding hydrogens is 392 g/mol. The summed E-state index contributed by atoms with van der Waals surface area (Å²) in [5.74, 6) is 0.105. The zero-order valence-electron chi connectivity index (χ0n) is 17.5. The van der Waals surface area contributed by atoms with Crippen molar-refractivity contribution in [2.75, 3.05) is 64.3 Å². The summed E-state index contributed by atoms with van der Waals surface area (Å²) < 4.78 is 5.33. The molecule has 1 aromatic rings. The third kappa shape index (κ3) is 5.69. The van der Waals surface area contributed by atoms with Crippen molar-refractivity contribution in [2.24, 2.45) is 0 Å². The van der Waals surface area contributed by atoms with Crippen molar-refractivity contribution >= 4 is 29.1 Å². The van der Waals surface area contributed by atoms with Gasteiger partial charge in [-0.25, -0.2) is 0 Å². The minimum absolute atomic E-state index is 0.0651. The normalized spacial score (nSPS) is 19.8. The average Bonchev–Trinajstić information content (AvgIpc) is 2.71. The van der Waals surface area contributed by atoms with E-state index in [2.05, 4.69) is 15.1 Å². The third-order valence-corrected chi connectivity index (χ3v) is 6.00. The van der Waals surface area contributed by atoms with Crippen LogP contribution in [0.3, 0.4) is 0 Å². The second-order valence-electron chi connectivity index (χ2n) is 7.91. The molecule has 0 aliphatic carbocycles. The van der Waals surface area contributed by atoms with E-state index in [0.717, 1.165) is 37.3 Å². The van der Waals surface area contributed by atoms with Gasteiger partial charge >= 0.3 is 0 Å². The van der Waals surface area contributed by atoms with Gasteiger partial charge < -0.3 is 15.0 Å². The van der Waals surface area contributed by atoms with Crippen molar-refractivity contribution in [1.29, 1.82) is 0 Å². The number of anilines is 1. The van der Waals surface area contributed by atoms with Crippen molar-refractivity contribution in [3.63, 3.8) is 0 Å². The molecule has 2 amide bonds. The molecule has 1 atom stereocenters. The van der Waals surface area contributed by atoms with Crippen molar-refractivity contribution in [3.8, 4) is 0 Å². The van der Waals surface area contributed by atoms with Gasteiger partial charge in [0.25, 0.3) is 0 Å². The van der Waals surface area contributed by atoms with Gasteiger partial charge in [-0.2, -0.15) is 0 Å². The molecule has 2 aliphatic heterocycles. The van der Waals surface area contributed by atoms with Gasteiger partial charge in [-0.1, -0.05) is 17.7 Å². The Hall–Kier alpha value is -1.67. The average molecular weight is 423 g/mol. The second-order valence-corrected chi connectivity index (χ2v) is 8.32. The van der Waals surface area contributed by atoms with Crippen LogP contribution in [-0.2, 0) is 14.3 Å². The maximum atomic E-state index is 12.7. The summed E-state index contributed by atoms with van der Waals surface area (Å²) in [7, 11) is 0. The Morgan fingerprint density at radius 3 is 2.38 bits per heavy atom. The number of piperazine rings is 1. The highest BCUT2D eigenvalue weighted by molar-refractivity contribution is 6.34. The van der Waals surface area contributed by atoms with Crippen molar-refractivity contribution in [2.45, 2.75) is 26.8 Å². The van der Waals surface area contributed by atoms with E-state index < -0.39 is 0 Å². The molecule has 2 aliphatic rings. The molecule has 0 aromatic heterocycles. The number of nitrogens with one attached hydrogen (secondary N) is 1. The SMILES string of the molecule is Cc1cc(C)c(NC(=O)CN2CCN(C(C)C(=O)N3CCOCC3)CC2)c(Cl)c1.